The Morgan fingerprint density at radius 1 is 1.54 bits per heavy atom. The number of ether oxygens (including phenoxy) is 1. The number of halogens is 1. The zero-order valence-corrected chi connectivity index (χ0v) is 8.36. The molecule has 0 rings (SSSR count). The minimum Gasteiger partial charge on any atom is -0.380 e. The van der Waals surface area contributed by atoms with Gasteiger partial charge >= 0.3 is 0 Å². The monoisotopic (exact) mass is 209 g/mol. The second-order valence-corrected chi connectivity index (χ2v) is 2.00. The first-order valence-electron chi connectivity index (χ1n) is 3.65. The second kappa shape index (κ2) is 9.08. The molecule has 0 radical (unpaired) electrons. The Bertz CT molecular complexity index is 172. The fraction of sp³-hybridized carbons (Fsp3) is 0.667. The number of hydrogen-bond donors (Lipinski definition) is 4. The van der Waals surface area contributed by atoms with E-state index >= 15 is 0 Å². The summed E-state index contributed by atoms with van der Waals surface area (Å²) < 4.78 is 5.01. The highest BCUT2D eigenvalue weighted by Crippen LogP contribution is 1.74. The van der Waals surface area contributed by atoms with E-state index in [0.717, 1.165) is 0 Å². The lowest BCUT2D eigenvalue weighted by atomic mass is 10.7. The number of aliphatic imine (C=N–C) groups is 1. The van der Waals surface area contributed by atoms with Crippen LogP contribution in [0, 0.1) is 5.41 Å². The molecule has 0 aromatic carbocycles. The lowest BCUT2D eigenvalue weighted by Crippen LogP contribution is -2.41. The van der Waals surface area contributed by atoms with E-state index in [-0.39, 0.29) is 24.3 Å². The van der Waals surface area contributed by atoms with Gasteiger partial charge in [0.05, 0.1) is 13.2 Å². The number of nitrogens with one attached hydrogen (secondary N) is 2. The molecule has 0 saturated heterocycles. The molecular weight excluding hydrogens is 194 g/mol. The van der Waals surface area contributed by atoms with Crippen LogP contribution in [-0.4, -0.2) is 31.7 Å². The van der Waals surface area contributed by atoms with Gasteiger partial charge in [-0.3, -0.25) is 15.7 Å². The minimum atomic E-state index is -0.215. The van der Waals surface area contributed by atoms with E-state index in [9.17, 15) is 0 Å². The van der Waals surface area contributed by atoms with E-state index < -0.39 is 0 Å². The van der Waals surface area contributed by atoms with Gasteiger partial charge in [-0.05, 0) is 6.92 Å². The molecule has 7 heteroatoms. The molecule has 0 aromatic heterocycles. The molecule has 78 valence electrons. The molecule has 0 heterocycles. The summed E-state index contributed by atoms with van der Waals surface area (Å²) >= 11 is 0. The van der Waals surface area contributed by atoms with E-state index in [0.29, 0.717) is 19.8 Å². The third-order valence-electron chi connectivity index (χ3n) is 0.985. The quantitative estimate of drug-likeness (QED) is 0.277. The fourth-order valence-corrected chi connectivity index (χ4v) is 0.552. The molecule has 0 aliphatic heterocycles. The fourth-order valence-electron chi connectivity index (χ4n) is 0.552. The van der Waals surface area contributed by atoms with E-state index in [4.69, 9.17) is 21.6 Å². The third kappa shape index (κ3) is 11.0. The molecule has 0 bridgehead atoms. The Labute approximate surface area is 83.6 Å². The van der Waals surface area contributed by atoms with Crippen molar-refractivity contribution in [2.24, 2.45) is 16.5 Å². The Hall–Kier alpha value is -1.01. The van der Waals surface area contributed by atoms with Crippen LogP contribution in [0.1, 0.15) is 6.92 Å². The van der Waals surface area contributed by atoms with Gasteiger partial charge in [-0.15, -0.1) is 12.4 Å². The number of nitrogens with two attached hydrogens (primary N) is 2. The van der Waals surface area contributed by atoms with Gasteiger partial charge in [0.15, 0.2) is 11.9 Å². The summed E-state index contributed by atoms with van der Waals surface area (Å²) in [5.74, 6) is -0.0742. The minimum absolute atomic E-state index is 0. The predicted molar refractivity (Wildman–Crippen MR) is 55.3 cm³/mol. The molecule has 0 aliphatic rings. The Morgan fingerprint density at radius 3 is 2.62 bits per heavy atom. The molecule has 0 saturated carbocycles. The summed E-state index contributed by atoms with van der Waals surface area (Å²) in [7, 11) is 0. The maximum absolute atomic E-state index is 6.82. The van der Waals surface area contributed by atoms with Crippen molar-refractivity contribution in [3.8, 4) is 0 Å². The number of rotatable bonds is 4. The Balaban J connectivity index is 0. The van der Waals surface area contributed by atoms with Crippen LogP contribution in [0.2, 0.25) is 0 Å². The summed E-state index contributed by atoms with van der Waals surface area (Å²) in [5.41, 5.74) is 10.3. The summed E-state index contributed by atoms with van der Waals surface area (Å²) in [6.45, 7) is 3.56. The molecule has 0 aliphatic carbocycles. The smallest absolute Gasteiger partial charge is 0.195 e. The van der Waals surface area contributed by atoms with E-state index in [1.165, 1.54) is 0 Å². The largest absolute Gasteiger partial charge is 0.380 e. The molecule has 0 fully saturated rings. The van der Waals surface area contributed by atoms with Crippen molar-refractivity contribution in [2.45, 2.75) is 6.92 Å². The summed E-state index contributed by atoms with van der Waals surface area (Å²) in [6.07, 6.45) is 0. The van der Waals surface area contributed by atoms with E-state index in [2.05, 4.69) is 10.3 Å². The first kappa shape index (κ1) is 14.5. The van der Waals surface area contributed by atoms with Gasteiger partial charge in [-0.1, -0.05) is 0 Å². The zero-order valence-electron chi connectivity index (χ0n) is 7.54. The van der Waals surface area contributed by atoms with Crippen LogP contribution in [0.25, 0.3) is 0 Å². The highest BCUT2D eigenvalue weighted by Gasteiger charge is 1.90. The summed E-state index contributed by atoms with van der Waals surface area (Å²) in [5, 5.41) is 9.17. The maximum atomic E-state index is 6.82. The molecule has 0 spiro atoms. The molecule has 6 nitrogen and oxygen atoms in total. The van der Waals surface area contributed by atoms with Crippen molar-refractivity contribution in [3.05, 3.63) is 0 Å². The van der Waals surface area contributed by atoms with Crippen LogP contribution in [0.5, 0.6) is 0 Å². The Kier molecular flexibility index (Phi) is 10.1. The molecule has 6 N–H and O–H groups in total. The standard InChI is InChI=1S/C6H15N5O.ClH/c1-2-12-4-3-10-6(9)11-5(7)8;/h2-4H2,1H3,(H6,7,8,9,10,11);1H. The van der Waals surface area contributed by atoms with Crippen LogP contribution in [0.4, 0.5) is 0 Å². The highest BCUT2D eigenvalue weighted by atomic mass is 35.5. The van der Waals surface area contributed by atoms with Gasteiger partial charge in [-0.25, -0.2) is 0 Å². The SMILES string of the molecule is CCOCCN=C(N)NC(=N)N.Cl. The average Bonchev–Trinajstić information content (AvgIpc) is 1.97. The normalized spacial score (nSPS) is 10.4. The van der Waals surface area contributed by atoms with Crippen molar-refractivity contribution in [1.82, 2.24) is 5.32 Å². The Morgan fingerprint density at radius 2 is 2.15 bits per heavy atom. The van der Waals surface area contributed by atoms with Gasteiger partial charge in [0.1, 0.15) is 0 Å². The van der Waals surface area contributed by atoms with Crippen LogP contribution in [0.15, 0.2) is 4.99 Å². The second-order valence-electron chi connectivity index (χ2n) is 2.00. The van der Waals surface area contributed by atoms with Crippen molar-refractivity contribution < 1.29 is 4.74 Å². The van der Waals surface area contributed by atoms with Gasteiger partial charge in [-0.2, -0.15) is 0 Å². The molecule has 0 atom stereocenters. The predicted octanol–water partition coefficient (Wildman–Crippen LogP) is -0.758. The van der Waals surface area contributed by atoms with E-state index in [1.807, 2.05) is 6.92 Å². The molecule has 0 unspecified atom stereocenters. The van der Waals surface area contributed by atoms with Gasteiger partial charge in [0.25, 0.3) is 0 Å². The van der Waals surface area contributed by atoms with Crippen LogP contribution < -0.4 is 16.8 Å². The first-order valence-corrected chi connectivity index (χ1v) is 3.65. The molecule has 0 aromatic rings. The topological polar surface area (TPSA) is 110 Å². The van der Waals surface area contributed by atoms with Gasteiger partial charge in [0, 0.05) is 6.61 Å². The summed E-state index contributed by atoms with van der Waals surface area (Å²) in [6, 6.07) is 0. The number of hydrogen-bond acceptors (Lipinski definition) is 3. The van der Waals surface area contributed by atoms with Gasteiger partial charge < -0.3 is 16.2 Å². The lowest BCUT2D eigenvalue weighted by molar-refractivity contribution is 0.156. The van der Waals surface area contributed by atoms with Crippen LogP contribution in [-0.2, 0) is 4.74 Å². The first-order chi connectivity index (χ1) is 5.66. The van der Waals surface area contributed by atoms with Gasteiger partial charge in [0.2, 0.25) is 0 Å². The maximum Gasteiger partial charge on any atom is 0.195 e. The lowest BCUT2D eigenvalue weighted by Gasteiger charge is -2.01. The number of guanidine groups is 2. The molecular formula is C6H16ClN5O. The van der Waals surface area contributed by atoms with Crippen LogP contribution >= 0.6 is 12.4 Å². The average molecular weight is 210 g/mol. The van der Waals surface area contributed by atoms with Crippen molar-refractivity contribution in [2.75, 3.05) is 19.8 Å². The summed E-state index contributed by atoms with van der Waals surface area (Å²) in [4.78, 5) is 3.84. The molecule has 0 amide bonds. The van der Waals surface area contributed by atoms with Crippen molar-refractivity contribution in [1.29, 1.82) is 5.41 Å². The van der Waals surface area contributed by atoms with Crippen LogP contribution in [0.3, 0.4) is 0 Å². The molecule has 13 heavy (non-hydrogen) atoms. The van der Waals surface area contributed by atoms with Crippen molar-refractivity contribution >= 4 is 24.3 Å². The zero-order chi connectivity index (χ0) is 9.40. The van der Waals surface area contributed by atoms with Crippen molar-refractivity contribution in [3.63, 3.8) is 0 Å². The highest BCUT2D eigenvalue weighted by molar-refractivity contribution is 5.95. The van der Waals surface area contributed by atoms with E-state index in [1.54, 1.807) is 0 Å². The number of nitrogens with zero attached hydrogens (tertiary/aromatic N) is 1. The third-order valence-corrected chi connectivity index (χ3v) is 0.985.